The summed E-state index contributed by atoms with van der Waals surface area (Å²) < 4.78 is 19.7. The Morgan fingerprint density at radius 2 is 2.10 bits per heavy atom. The van der Waals surface area contributed by atoms with Crippen molar-refractivity contribution in [2.75, 3.05) is 13.1 Å². The number of fused-ring (bicyclic) bond motifs is 4. The number of hydrogen-bond acceptors (Lipinski definition) is 4. The van der Waals surface area contributed by atoms with E-state index in [1.165, 1.54) is 11.6 Å². The van der Waals surface area contributed by atoms with Crippen LogP contribution in [-0.4, -0.2) is 41.0 Å². The first kappa shape index (κ1) is 18.3. The van der Waals surface area contributed by atoms with Crippen LogP contribution in [0.4, 0.5) is 4.39 Å². The minimum Gasteiger partial charge on any atom is -0.448 e. The van der Waals surface area contributed by atoms with E-state index < -0.39 is 5.82 Å². The predicted octanol–water partition coefficient (Wildman–Crippen LogP) is 3.71. The molecule has 3 aliphatic rings. The summed E-state index contributed by atoms with van der Waals surface area (Å²) in [5.41, 5.74) is 2.00. The Morgan fingerprint density at radius 1 is 1.28 bits per heavy atom. The number of para-hydroxylation sites is 1. The fourth-order valence-corrected chi connectivity index (χ4v) is 5.02. The summed E-state index contributed by atoms with van der Waals surface area (Å²) >= 11 is 0. The molecule has 0 spiro atoms. The van der Waals surface area contributed by atoms with Crippen LogP contribution in [0.3, 0.4) is 0 Å². The van der Waals surface area contributed by atoms with Crippen molar-refractivity contribution in [3.05, 3.63) is 65.4 Å². The van der Waals surface area contributed by atoms with Crippen LogP contribution >= 0.6 is 0 Å². The predicted molar refractivity (Wildman–Crippen MR) is 108 cm³/mol. The maximum atomic E-state index is 14.1. The van der Waals surface area contributed by atoms with E-state index >= 15 is 0 Å². The Labute approximate surface area is 168 Å². The Kier molecular flexibility index (Phi) is 4.59. The molecule has 1 N–H and O–H groups in total. The molecule has 3 fully saturated rings. The third-order valence-electron chi connectivity index (χ3n) is 6.55. The van der Waals surface area contributed by atoms with E-state index in [-0.39, 0.29) is 29.3 Å². The molecule has 0 unspecified atom stereocenters. The second-order valence-electron chi connectivity index (χ2n) is 8.18. The number of furan rings is 1. The molecule has 0 saturated carbocycles. The van der Waals surface area contributed by atoms with E-state index in [0.717, 1.165) is 32.4 Å². The number of nitrogens with one attached hydrogen (secondary N) is 1. The standard InChI is InChI=1S/C23H24FN3O2/c1-14-17-5-2-6-18(24)22(17)29-21(14)23(28)26-20-16-7-10-27(11-8-16)19(20)12-15-4-3-9-25-13-15/h2-6,9,13,16,19-20H,7-8,10-12H2,1H3,(H,26,28)/t19-,20+/m0/s1. The Morgan fingerprint density at radius 3 is 2.83 bits per heavy atom. The summed E-state index contributed by atoms with van der Waals surface area (Å²) in [7, 11) is 0. The summed E-state index contributed by atoms with van der Waals surface area (Å²) in [5.74, 6) is -0.0382. The molecule has 5 nitrogen and oxygen atoms in total. The lowest BCUT2D eigenvalue weighted by atomic mass is 9.76. The van der Waals surface area contributed by atoms with Gasteiger partial charge in [-0.15, -0.1) is 0 Å². The van der Waals surface area contributed by atoms with Gasteiger partial charge in [0.25, 0.3) is 5.91 Å². The van der Waals surface area contributed by atoms with Crippen molar-refractivity contribution in [2.24, 2.45) is 5.92 Å². The number of amides is 1. The largest absolute Gasteiger partial charge is 0.448 e. The number of aromatic nitrogens is 1. The molecule has 2 atom stereocenters. The summed E-state index contributed by atoms with van der Waals surface area (Å²) in [6, 6.07) is 9.09. The number of benzene rings is 1. The minimum atomic E-state index is -0.443. The number of carbonyl (C=O) groups excluding carboxylic acids is 1. The number of piperidine rings is 3. The molecular weight excluding hydrogens is 369 g/mol. The van der Waals surface area contributed by atoms with Crippen LogP contribution in [0.15, 0.2) is 47.1 Å². The SMILES string of the molecule is Cc1c(C(=O)N[C@@H]2C3CCN(CC3)[C@H]2Cc2cccnc2)oc2c(F)cccc12. The Hall–Kier alpha value is -2.73. The zero-order chi connectivity index (χ0) is 20.0. The van der Waals surface area contributed by atoms with Gasteiger partial charge in [-0.3, -0.25) is 14.7 Å². The minimum absolute atomic E-state index is 0.0441. The molecule has 29 heavy (non-hydrogen) atoms. The topological polar surface area (TPSA) is 58.4 Å². The molecule has 3 aromatic rings. The van der Waals surface area contributed by atoms with Crippen molar-refractivity contribution in [3.63, 3.8) is 0 Å². The first-order valence-corrected chi connectivity index (χ1v) is 10.2. The highest BCUT2D eigenvalue weighted by molar-refractivity contribution is 5.99. The third kappa shape index (κ3) is 3.21. The lowest BCUT2D eigenvalue weighted by molar-refractivity contribution is 0.0131. The normalized spacial score (nSPS) is 26.0. The van der Waals surface area contributed by atoms with Crippen molar-refractivity contribution >= 4 is 16.9 Å². The lowest BCUT2D eigenvalue weighted by Crippen LogP contribution is -2.64. The van der Waals surface area contributed by atoms with Crippen molar-refractivity contribution in [1.82, 2.24) is 15.2 Å². The van der Waals surface area contributed by atoms with Gasteiger partial charge >= 0.3 is 0 Å². The zero-order valence-corrected chi connectivity index (χ0v) is 16.4. The molecule has 150 valence electrons. The molecule has 6 heteroatoms. The van der Waals surface area contributed by atoms with Gasteiger partial charge in [0.15, 0.2) is 17.2 Å². The summed E-state index contributed by atoms with van der Waals surface area (Å²) in [5, 5.41) is 3.89. The number of aryl methyl sites for hydroxylation is 1. The van der Waals surface area contributed by atoms with E-state index in [1.54, 1.807) is 18.3 Å². The highest BCUT2D eigenvalue weighted by atomic mass is 19.1. The summed E-state index contributed by atoms with van der Waals surface area (Å²) in [6.45, 7) is 3.94. The molecule has 5 heterocycles. The number of rotatable bonds is 4. The molecule has 3 saturated heterocycles. The van der Waals surface area contributed by atoms with Gasteiger partial charge in [-0.2, -0.15) is 0 Å². The average Bonchev–Trinajstić information content (AvgIpc) is 3.09. The van der Waals surface area contributed by atoms with E-state index in [4.69, 9.17) is 4.42 Å². The number of nitrogens with zero attached hydrogens (tertiary/aromatic N) is 2. The molecule has 2 aromatic heterocycles. The molecule has 0 aliphatic carbocycles. The second-order valence-corrected chi connectivity index (χ2v) is 8.18. The van der Waals surface area contributed by atoms with Crippen LogP contribution in [0.1, 0.15) is 34.5 Å². The molecule has 1 amide bonds. The van der Waals surface area contributed by atoms with Gasteiger partial charge in [0, 0.05) is 35.4 Å². The zero-order valence-electron chi connectivity index (χ0n) is 16.4. The number of pyridine rings is 1. The van der Waals surface area contributed by atoms with Gasteiger partial charge in [0.1, 0.15) is 0 Å². The van der Waals surface area contributed by atoms with Crippen LogP contribution in [0.5, 0.6) is 0 Å². The van der Waals surface area contributed by atoms with E-state index in [0.29, 0.717) is 16.9 Å². The molecule has 1 aromatic carbocycles. The summed E-state index contributed by atoms with van der Waals surface area (Å²) in [4.78, 5) is 19.8. The molecule has 6 rings (SSSR count). The number of hydrogen-bond donors (Lipinski definition) is 1. The van der Waals surface area contributed by atoms with Gasteiger partial charge in [-0.05, 0) is 62.9 Å². The maximum absolute atomic E-state index is 14.1. The van der Waals surface area contributed by atoms with Crippen molar-refractivity contribution in [3.8, 4) is 0 Å². The average molecular weight is 393 g/mol. The molecular formula is C23H24FN3O2. The summed E-state index contributed by atoms with van der Waals surface area (Å²) in [6.07, 6.45) is 6.70. The molecule has 3 aliphatic heterocycles. The van der Waals surface area contributed by atoms with Gasteiger partial charge in [0.05, 0.1) is 0 Å². The van der Waals surface area contributed by atoms with Gasteiger partial charge in [-0.1, -0.05) is 18.2 Å². The highest BCUT2D eigenvalue weighted by Gasteiger charge is 2.43. The Balaban J connectivity index is 1.42. The first-order chi connectivity index (χ1) is 14.1. The highest BCUT2D eigenvalue weighted by Crippen LogP contribution is 2.35. The monoisotopic (exact) mass is 393 g/mol. The maximum Gasteiger partial charge on any atom is 0.287 e. The van der Waals surface area contributed by atoms with Crippen LogP contribution in [-0.2, 0) is 6.42 Å². The first-order valence-electron chi connectivity index (χ1n) is 10.2. The van der Waals surface area contributed by atoms with Crippen LogP contribution in [0.25, 0.3) is 11.0 Å². The van der Waals surface area contributed by atoms with Gasteiger partial charge in [-0.25, -0.2) is 4.39 Å². The third-order valence-corrected chi connectivity index (χ3v) is 6.55. The van der Waals surface area contributed by atoms with Gasteiger partial charge in [0.2, 0.25) is 0 Å². The van der Waals surface area contributed by atoms with Crippen LogP contribution in [0, 0.1) is 18.7 Å². The van der Waals surface area contributed by atoms with Crippen LogP contribution in [0.2, 0.25) is 0 Å². The smallest absolute Gasteiger partial charge is 0.287 e. The lowest BCUT2D eigenvalue weighted by Gasteiger charge is -2.51. The fourth-order valence-electron chi connectivity index (χ4n) is 5.02. The second kappa shape index (κ2) is 7.26. The van der Waals surface area contributed by atoms with Gasteiger partial charge < -0.3 is 9.73 Å². The quantitative estimate of drug-likeness (QED) is 0.734. The van der Waals surface area contributed by atoms with E-state index in [1.807, 2.05) is 19.2 Å². The number of halogens is 1. The molecule has 2 bridgehead atoms. The van der Waals surface area contributed by atoms with Crippen LogP contribution < -0.4 is 5.32 Å². The van der Waals surface area contributed by atoms with Crippen molar-refractivity contribution < 1.29 is 13.6 Å². The molecule has 0 radical (unpaired) electrons. The fraction of sp³-hybridized carbons (Fsp3) is 0.391. The van der Waals surface area contributed by atoms with Crippen molar-refractivity contribution in [2.45, 2.75) is 38.3 Å². The van der Waals surface area contributed by atoms with E-state index in [9.17, 15) is 9.18 Å². The van der Waals surface area contributed by atoms with Crippen molar-refractivity contribution in [1.29, 1.82) is 0 Å². The number of carbonyl (C=O) groups is 1. The Bertz CT molecular complexity index is 1040. The van der Waals surface area contributed by atoms with E-state index in [2.05, 4.69) is 21.3 Å².